The van der Waals surface area contributed by atoms with Crippen LogP contribution in [-0.2, 0) is 16.0 Å². The number of benzene rings is 2. The van der Waals surface area contributed by atoms with Crippen molar-refractivity contribution in [3.8, 4) is 17.2 Å². The van der Waals surface area contributed by atoms with Crippen molar-refractivity contribution in [1.29, 1.82) is 0 Å². The topological polar surface area (TPSA) is 96.1 Å². The van der Waals surface area contributed by atoms with Gasteiger partial charge in [0.05, 0.1) is 27.8 Å². The summed E-state index contributed by atoms with van der Waals surface area (Å²) in [6.45, 7) is 3.44. The van der Waals surface area contributed by atoms with Crippen molar-refractivity contribution in [3.05, 3.63) is 48.2 Å². The van der Waals surface area contributed by atoms with Gasteiger partial charge >= 0.3 is 0 Å². The van der Waals surface area contributed by atoms with Crippen molar-refractivity contribution in [1.82, 2.24) is 14.8 Å². The molecule has 0 unspecified atom stereocenters. The fourth-order valence-corrected chi connectivity index (χ4v) is 4.41. The Labute approximate surface area is 204 Å². The number of fused-ring (bicyclic) bond motifs is 1. The quantitative estimate of drug-likeness (QED) is 0.489. The number of methoxy groups -OCH3 is 3. The highest BCUT2D eigenvalue weighted by Gasteiger charge is 2.22. The molecule has 2 amide bonds. The number of rotatable bonds is 9. The monoisotopic (exact) mass is 480 g/mol. The van der Waals surface area contributed by atoms with Crippen LogP contribution < -0.4 is 19.5 Å². The largest absolute Gasteiger partial charge is 0.493 e. The maximum atomic E-state index is 12.8. The fourth-order valence-electron chi connectivity index (χ4n) is 4.41. The molecule has 0 atom stereocenters. The lowest BCUT2D eigenvalue weighted by Crippen LogP contribution is -2.49. The number of hydrogen-bond acceptors (Lipinski definition) is 6. The highest BCUT2D eigenvalue weighted by Crippen LogP contribution is 2.39. The molecule has 9 heteroatoms. The first-order valence-corrected chi connectivity index (χ1v) is 11.7. The lowest BCUT2D eigenvalue weighted by molar-refractivity contribution is -0.132. The molecule has 1 saturated heterocycles. The highest BCUT2D eigenvalue weighted by molar-refractivity contribution is 5.92. The molecule has 2 heterocycles. The molecule has 35 heavy (non-hydrogen) atoms. The van der Waals surface area contributed by atoms with Gasteiger partial charge in [-0.15, -0.1) is 0 Å². The number of amides is 2. The molecule has 1 fully saturated rings. The van der Waals surface area contributed by atoms with Crippen molar-refractivity contribution in [3.63, 3.8) is 0 Å². The number of ether oxygens (including phenoxy) is 3. The second kappa shape index (κ2) is 11.1. The summed E-state index contributed by atoms with van der Waals surface area (Å²) in [5.41, 5.74) is 2.65. The van der Waals surface area contributed by atoms with Crippen LogP contribution in [0.15, 0.2) is 42.6 Å². The molecule has 0 aliphatic carbocycles. The average molecular weight is 481 g/mol. The van der Waals surface area contributed by atoms with E-state index in [1.807, 2.05) is 35.4 Å². The number of hydrogen-bond donors (Lipinski definition) is 2. The van der Waals surface area contributed by atoms with E-state index in [0.717, 1.165) is 29.6 Å². The second-order valence-corrected chi connectivity index (χ2v) is 8.47. The van der Waals surface area contributed by atoms with Gasteiger partial charge in [0.2, 0.25) is 17.6 Å². The van der Waals surface area contributed by atoms with E-state index in [4.69, 9.17) is 14.2 Å². The Bertz CT molecular complexity index is 1160. The molecule has 1 aromatic heterocycles. The summed E-state index contributed by atoms with van der Waals surface area (Å²) < 4.78 is 16.0. The Morgan fingerprint density at radius 2 is 1.66 bits per heavy atom. The van der Waals surface area contributed by atoms with E-state index in [1.54, 1.807) is 12.1 Å². The molecule has 186 valence electrons. The smallest absolute Gasteiger partial charge is 0.227 e. The van der Waals surface area contributed by atoms with Gasteiger partial charge < -0.3 is 29.4 Å². The number of carbonyl (C=O) groups excluding carboxylic acids is 2. The van der Waals surface area contributed by atoms with Gasteiger partial charge in [0.15, 0.2) is 11.5 Å². The molecule has 2 aromatic carbocycles. The zero-order valence-corrected chi connectivity index (χ0v) is 20.4. The lowest BCUT2D eigenvalue weighted by atomic mass is 10.1. The van der Waals surface area contributed by atoms with E-state index < -0.39 is 0 Å². The average Bonchev–Trinajstić information content (AvgIpc) is 3.29. The molecule has 3 aromatic rings. The number of aromatic amines is 1. The first kappa shape index (κ1) is 24.4. The van der Waals surface area contributed by atoms with Gasteiger partial charge in [-0.3, -0.25) is 14.5 Å². The zero-order chi connectivity index (χ0) is 24.8. The van der Waals surface area contributed by atoms with Gasteiger partial charge in [0.1, 0.15) is 0 Å². The number of nitrogens with one attached hydrogen (secondary N) is 2. The van der Waals surface area contributed by atoms with E-state index in [9.17, 15) is 9.59 Å². The minimum atomic E-state index is -0.0999. The maximum absolute atomic E-state index is 12.8. The van der Waals surface area contributed by atoms with Crippen molar-refractivity contribution >= 4 is 28.4 Å². The van der Waals surface area contributed by atoms with Gasteiger partial charge in [-0.2, -0.15) is 0 Å². The number of aromatic nitrogens is 1. The third-order valence-electron chi connectivity index (χ3n) is 6.35. The Morgan fingerprint density at radius 1 is 0.971 bits per heavy atom. The minimum Gasteiger partial charge on any atom is -0.493 e. The summed E-state index contributed by atoms with van der Waals surface area (Å²) >= 11 is 0. The Balaban J connectivity index is 1.24. The molecule has 0 spiro atoms. The first-order chi connectivity index (χ1) is 17.0. The van der Waals surface area contributed by atoms with Gasteiger partial charge in [0, 0.05) is 74.1 Å². The molecule has 4 rings (SSSR count). The van der Waals surface area contributed by atoms with E-state index in [1.165, 1.54) is 21.3 Å². The normalized spacial score (nSPS) is 14.1. The van der Waals surface area contributed by atoms with Crippen molar-refractivity contribution in [2.75, 3.05) is 59.4 Å². The molecule has 0 saturated carbocycles. The third-order valence-corrected chi connectivity index (χ3v) is 6.35. The molecule has 2 N–H and O–H groups in total. The predicted molar refractivity (Wildman–Crippen MR) is 134 cm³/mol. The standard InChI is InChI=1S/C26H32N4O5/c1-33-22-15-19(16-23(34-2)26(22)35-3)28-24(31)8-9-29-10-12-30(13-11-29)25(32)14-18-17-27-21-7-5-4-6-20(18)21/h4-7,15-17,27H,8-14H2,1-3H3,(H,28,31). The van der Waals surface area contributed by atoms with Crippen LogP contribution in [0.5, 0.6) is 17.2 Å². The van der Waals surface area contributed by atoms with Crippen LogP contribution in [0.2, 0.25) is 0 Å². The Hall–Kier alpha value is -3.72. The van der Waals surface area contributed by atoms with E-state index >= 15 is 0 Å². The molecule has 9 nitrogen and oxygen atoms in total. The van der Waals surface area contributed by atoms with Crippen LogP contribution in [0.1, 0.15) is 12.0 Å². The van der Waals surface area contributed by atoms with Crippen molar-refractivity contribution in [2.45, 2.75) is 12.8 Å². The van der Waals surface area contributed by atoms with Gasteiger partial charge in [-0.05, 0) is 11.6 Å². The van der Waals surface area contributed by atoms with Crippen LogP contribution in [0.3, 0.4) is 0 Å². The van der Waals surface area contributed by atoms with Crippen LogP contribution in [0, 0.1) is 0 Å². The summed E-state index contributed by atoms with van der Waals surface area (Å²) in [6.07, 6.45) is 2.66. The fraction of sp³-hybridized carbons (Fsp3) is 0.385. The molecular formula is C26H32N4O5. The summed E-state index contributed by atoms with van der Waals surface area (Å²) in [6, 6.07) is 11.4. The number of para-hydroxylation sites is 1. The number of carbonyl (C=O) groups is 2. The number of piperazine rings is 1. The van der Waals surface area contributed by atoms with E-state index in [-0.39, 0.29) is 11.8 Å². The van der Waals surface area contributed by atoms with Gasteiger partial charge in [-0.25, -0.2) is 0 Å². The van der Waals surface area contributed by atoms with Crippen molar-refractivity contribution < 1.29 is 23.8 Å². The van der Waals surface area contributed by atoms with E-state index in [0.29, 0.717) is 55.4 Å². The molecule has 0 bridgehead atoms. The summed E-state index contributed by atoms with van der Waals surface area (Å²) in [4.78, 5) is 32.7. The SMILES string of the molecule is COc1cc(NC(=O)CCN2CCN(C(=O)Cc3c[nH]c4ccccc34)CC2)cc(OC)c1OC. The van der Waals surface area contributed by atoms with Crippen LogP contribution in [0.25, 0.3) is 10.9 Å². The third kappa shape index (κ3) is 5.68. The Morgan fingerprint density at radius 3 is 2.31 bits per heavy atom. The molecule has 0 radical (unpaired) electrons. The number of nitrogens with zero attached hydrogens (tertiary/aromatic N) is 2. The summed E-state index contributed by atoms with van der Waals surface area (Å²) in [5.74, 6) is 1.47. The predicted octanol–water partition coefficient (Wildman–Crippen LogP) is 2.91. The second-order valence-electron chi connectivity index (χ2n) is 8.47. The minimum absolute atomic E-state index is 0.0999. The van der Waals surface area contributed by atoms with Crippen LogP contribution >= 0.6 is 0 Å². The summed E-state index contributed by atoms with van der Waals surface area (Å²) in [5, 5.41) is 3.99. The van der Waals surface area contributed by atoms with Gasteiger partial charge in [-0.1, -0.05) is 18.2 Å². The highest BCUT2D eigenvalue weighted by atomic mass is 16.5. The molecular weight excluding hydrogens is 448 g/mol. The lowest BCUT2D eigenvalue weighted by Gasteiger charge is -2.34. The van der Waals surface area contributed by atoms with Crippen molar-refractivity contribution in [2.24, 2.45) is 0 Å². The molecule has 1 aliphatic rings. The van der Waals surface area contributed by atoms with Crippen LogP contribution in [0.4, 0.5) is 5.69 Å². The Kier molecular flexibility index (Phi) is 7.77. The summed E-state index contributed by atoms with van der Waals surface area (Å²) in [7, 11) is 4.61. The zero-order valence-electron chi connectivity index (χ0n) is 20.4. The number of anilines is 1. The van der Waals surface area contributed by atoms with Crippen LogP contribution in [-0.4, -0.2) is 80.7 Å². The molecule has 1 aliphatic heterocycles. The maximum Gasteiger partial charge on any atom is 0.227 e. The number of H-pyrrole nitrogens is 1. The van der Waals surface area contributed by atoms with Gasteiger partial charge in [0.25, 0.3) is 0 Å². The van der Waals surface area contributed by atoms with E-state index in [2.05, 4.69) is 15.2 Å². The first-order valence-electron chi connectivity index (χ1n) is 11.7.